The van der Waals surface area contributed by atoms with Crippen LogP contribution in [0.4, 0.5) is 16.2 Å². The minimum atomic E-state index is -0.286. The summed E-state index contributed by atoms with van der Waals surface area (Å²) >= 11 is 1.55. The summed E-state index contributed by atoms with van der Waals surface area (Å²) in [5, 5.41) is 0.862. The fourth-order valence-corrected chi connectivity index (χ4v) is 5.55. The van der Waals surface area contributed by atoms with Gasteiger partial charge in [-0.3, -0.25) is 4.57 Å². The molecule has 2 N–H and O–H groups in total. The minimum Gasteiger partial charge on any atom is -0.341 e. The van der Waals surface area contributed by atoms with Gasteiger partial charge in [-0.1, -0.05) is 19.1 Å². The first kappa shape index (κ1) is 22.4. The van der Waals surface area contributed by atoms with E-state index in [9.17, 15) is 4.39 Å². The average Bonchev–Trinajstić information content (AvgIpc) is 3.40. The van der Waals surface area contributed by atoms with Crippen molar-refractivity contribution in [3.05, 3.63) is 53.7 Å². The Hall–Kier alpha value is -3.35. The highest BCUT2D eigenvalue weighted by Crippen LogP contribution is 2.41. The number of nitrogens with zero attached hydrogens (tertiary/aromatic N) is 6. The molecule has 5 rings (SSSR count). The largest absolute Gasteiger partial charge is 0.341 e. The standard InChI is InChI=1S/C25H28FN7S/c1-5-6-12-32-23-16(2)33(15-22-28-20-13-18(26)9-10-21(20)34-22)17(3)30(4)24(23)29-25(32)31-11-7-8-19(27)14-31/h9-10,13,19H,2-3,7-8,11-12,14-15,27H2,1,4H3. The molecule has 0 bridgehead atoms. The van der Waals surface area contributed by atoms with Gasteiger partial charge < -0.3 is 20.4 Å². The van der Waals surface area contributed by atoms with Gasteiger partial charge in [-0.05, 0) is 31.9 Å². The van der Waals surface area contributed by atoms with Crippen molar-refractivity contribution >= 4 is 39.0 Å². The predicted molar refractivity (Wildman–Crippen MR) is 137 cm³/mol. The number of thiazole rings is 1. The number of aromatic nitrogens is 3. The predicted octanol–water partition coefficient (Wildman–Crippen LogP) is 3.98. The molecule has 0 spiro atoms. The second-order valence-electron chi connectivity index (χ2n) is 8.67. The van der Waals surface area contributed by atoms with Crippen LogP contribution < -0.4 is 15.5 Å². The number of rotatable bonds is 4. The lowest BCUT2D eigenvalue weighted by atomic mass is 10.1. The number of halogens is 1. The van der Waals surface area contributed by atoms with Crippen molar-refractivity contribution in [2.24, 2.45) is 5.73 Å². The van der Waals surface area contributed by atoms with Gasteiger partial charge in [0.05, 0.1) is 29.0 Å². The van der Waals surface area contributed by atoms with Crippen LogP contribution in [0.5, 0.6) is 0 Å². The molecule has 0 saturated carbocycles. The van der Waals surface area contributed by atoms with Crippen molar-refractivity contribution in [1.29, 1.82) is 0 Å². The van der Waals surface area contributed by atoms with Crippen LogP contribution in [0.3, 0.4) is 0 Å². The first-order chi connectivity index (χ1) is 16.4. The molecular formula is C25H28FN7S. The van der Waals surface area contributed by atoms with Crippen molar-refractivity contribution in [2.45, 2.75) is 38.9 Å². The number of imidazole rings is 1. The lowest BCUT2D eigenvalue weighted by Crippen LogP contribution is -2.44. The van der Waals surface area contributed by atoms with E-state index in [1.165, 1.54) is 12.1 Å². The number of nitrogens with two attached hydrogens (primary N) is 1. The van der Waals surface area contributed by atoms with E-state index in [2.05, 4.69) is 39.4 Å². The molecule has 2 aromatic heterocycles. The van der Waals surface area contributed by atoms with Crippen LogP contribution in [-0.2, 0) is 13.1 Å². The van der Waals surface area contributed by atoms with Crippen molar-refractivity contribution in [1.82, 2.24) is 19.4 Å². The van der Waals surface area contributed by atoms with Gasteiger partial charge in [0.1, 0.15) is 22.3 Å². The Bertz CT molecular complexity index is 1340. The minimum absolute atomic E-state index is 0.129. The van der Waals surface area contributed by atoms with Gasteiger partial charge in [0.25, 0.3) is 0 Å². The van der Waals surface area contributed by atoms with Crippen LogP contribution in [0.15, 0.2) is 37.2 Å². The second kappa shape index (κ2) is 8.78. The fraction of sp³-hybridized carbons (Fsp3) is 0.360. The van der Waals surface area contributed by atoms with Gasteiger partial charge >= 0.3 is 0 Å². The zero-order chi connectivity index (χ0) is 24.0. The maximum Gasteiger partial charge on any atom is 0.209 e. The highest BCUT2D eigenvalue weighted by molar-refractivity contribution is 7.18. The molecule has 3 aromatic rings. The molecule has 0 radical (unpaired) electrons. The van der Waals surface area contributed by atoms with Crippen molar-refractivity contribution in [3.8, 4) is 11.8 Å². The lowest BCUT2D eigenvalue weighted by molar-refractivity contribution is 0.457. The third-order valence-corrected chi connectivity index (χ3v) is 7.41. The number of hydrogen-bond donors (Lipinski definition) is 1. The molecule has 34 heavy (non-hydrogen) atoms. The first-order valence-electron chi connectivity index (χ1n) is 11.3. The van der Waals surface area contributed by atoms with Gasteiger partial charge in [-0.2, -0.15) is 4.98 Å². The maximum absolute atomic E-state index is 13.7. The SMILES string of the molecule is C=C1c2c(nc(N3CCCC(N)C3)n2CC#CC)N(C)C(=C)N1Cc1nc2cc(F)ccc2s1. The fourth-order valence-electron chi connectivity index (χ4n) is 4.61. The number of fused-ring (bicyclic) bond motifs is 2. The molecule has 4 heterocycles. The van der Waals surface area contributed by atoms with Crippen molar-refractivity contribution in [3.63, 3.8) is 0 Å². The van der Waals surface area contributed by atoms with Crippen LogP contribution >= 0.6 is 11.3 Å². The molecule has 2 aliphatic heterocycles. The molecule has 0 aliphatic carbocycles. The summed E-state index contributed by atoms with van der Waals surface area (Å²) in [4.78, 5) is 15.9. The molecule has 1 fully saturated rings. The summed E-state index contributed by atoms with van der Waals surface area (Å²) < 4.78 is 16.7. The van der Waals surface area contributed by atoms with E-state index in [-0.39, 0.29) is 11.9 Å². The third-order valence-electron chi connectivity index (χ3n) is 6.39. The molecule has 0 amide bonds. The second-order valence-corrected chi connectivity index (χ2v) is 9.79. The highest BCUT2D eigenvalue weighted by Gasteiger charge is 2.35. The number of piperidine rings is 1. The summed E-state index contributed by atoms with van der Waals surface area (Å²) in [6, 6.07) is 4.83. The summed E-state index contributed by atoms with van der Waals surface area (Å²) in [7, 11) is 1.96. The zero-order valence-corrected chi connectivity index (χ0v) is 20.3. The smallest absolute Gasteiger partial charge is 0.209 e. The van der Waals surface area contributed by atoms with Crippen LogP contribution in [-0.4, -0.2) is 45.6 Å². The van der Waals surface area contributed by atoms with Gasteiger partial charge in [-0.15, -0.1) is 17.3 Å². The van der Waals surface area contributed by atoms with Crippen LogP contribution in [0.25, 0.3) is 15.9 Å². The van der Waals surface area contributed by atoms with E-state index >= 15 is 0 Å². The van der Waals surface area contributed by atoms with Crippen LogP contribution in [0.2, 0.25) is 0 Å². The van der Waals surface area contributed by atoms with Crippen molar-refractivity contribution in [2.75, 3.05) is 29.9 Å². The van der Waals surface area contributed by atoms with Crippen LogP contribution in [0, 0.1) is 17.7 Å². The molecule has 1 atom stereocenters. The molecule has 1 saturated heterocycles. The summed E-state index contributed by atoms with van der Waals surface area (Å²) in [5.74, 6) is 8.34. The quantitative estimate of drug-likeness (QED) is 0.574. The Morgan fingerprint density at radius 3 is 2.88 bits per heavy atom. The lowest BCUT2D eigenvalue weighted by Gasteiger charge is -2.38. The normalized spacial score (nSPS) is 18.4. The molecule has 9 heteroatoms. The maximum atomic E-state index is 13.7. The highest BCUT2D eigenvalue weighted by atomic mass is 32.1. The molecular weight excluding hydrogens is 449 g/mol. The summed E-state index contributed by atoms with van der Waals surface area (Å²) in [5.41, 5.74) is 8.64. The van der Waals surface area contributed by atoms with E-state index in [4.69, 9.17) is 10.7 Å². The van der Waals surface area contributed by atoms with E-state index in [1.807, 2.05) is 23.8 Å². The topological polar surface area (TPSA) is 66.5 Å². The summed E-state index contributed by atoms with van der Waals surface area (Å²) in [6.45, 7) is 13.2. The Kier molecular flexibility index (Phi) is 5.80. The van der Waals surface area contributed by atoms with E-state index in [0.717, 1.165) is 64.6 Å². The van der Waals surface area contributed by atoms with Crippen LogP contribution in [0.1, 0.15) is 30.5 Å². The average molecular weight is 478 g/mol. The Balaban J connectivity index is 1.54. The van der Waals surface area contributed by atoms with Gasteiger partial charge in [0, 0.05) is 32.2 Å². The van der Waals surface area contributed by atoms with E-state index < -0.39 is 0 Å². The zero-order valence-electron chi connectivity index (χ0n) is 19.5. The molecule has 7 nitrogen and oxygen atoms in total. The number of benzene rings is 1. The Labute approximate surface area is 203 Å². The Morgan fingerprint density at radius 2 is 2.12 bits per heavy atom. The number of anilines is 2. The van der Waals surface area contributed by atoms with E-state index in [1.54, 1.807) is 17.4 Å². The molecule has 176 valence electrons. The van der Waals surface area contributed by atoms with Gasteiger partial charge in [0.15, 0.2) is 5.82 Å². The molecule has 1 aromatic carbocycles. The molecule has 1 unspecified atom stereocenters. The monoisotopic (exact) mass is 477 g/mol. The molecule has 2 aliphatic rings. The summed E-state index contributed by atoms with van der Waals surface area (Å²) in [6.07, 6.45) is 2.06. The van der Waals surface area contributed by atoms with Gasteiger partial charge in [0.2, 0.25) is 5.95 Å². The van der Waals surface area contributed by atoms with Gasteiger partial charge in [-0.25, -0.2) is 9.37 Å². The van der Waals surface area contributed by atoms with Crippen molar-refractivity contribution < 1.29 is 4.39 Å². The number of hydrogen-bond acceptors (Lipinski definition) is 7. The first-order valence-corrected chi connectivity index (χ1v) is 12.1. The third kappa shape index (κ3) is 3.83. The Morgan fingerprint density at radius 1 is 1.29 bits per heavy atom. The van der Waals surface area contributed by atoms with E-state index in [0.29, 0.717) is 18.6 Å².